The molecule has 1 aliphatic carbocycles. The topological polar surface area (TPSA) is 132 Å². The van der Waals surface area contributed by atoms with Gasteiger partial charge in [0.1, 0.15) is 0 Å². The van der Waals surface area contributed by atoms with Crippen molar-refractivity contribution in [3.8, 4) is 0 Å². The van der Waals surface area contributed by atoms with Gasteiger partial charge in [0.25, 0.3) is 0 Å². The molecule has 0 spiro atoms. The van der Waals surface area contributed by atoms with E-state index in [-0.39, 0.29) is 6.42 Å². The summed E-state index contributed by atoms with van der Waals surface area (Å²) in [5.41, 5.74) is -2.16. The molecule has 0 aromatic rings. The molecule has 8 heteroatoms. The first-order valence-electron chi connectivity index (χ1n) is 6.74. The number of carbonyl (C=O) groups is 2. The molecule has 1 fully saturated rings. The Hall–Kier alpha value is -0.910. The molecule has 20 heavy (non-hydrogen) atoms. The summed E-state index contributed by atoms with van der Waals surface area (Å²) >= 11 is 0. The molecule has 0 aromatic carbocycles. The Balaban J connectivity index is 2.74. The highest BCUT2D eigenvalue weighted by Gasteiger charge is 2.45. The Bertz CT molecular complexity index is 397. The molecule has 4 N–H and O–H groups in total. The SMILES string of the molecule is O=C(O)C(CCC1CCCCC1)C(C(=O)O)P(=O)(O)O. The van der Waals surface area contributed by atoms with Crippen LogP contribution in [0.3, 0.4) is 0 Å². The van der Waals surface area contributed by atoms with E-state index in [1.54, 1.807) is 0 Å². The van der Waals surface area contributed by atoms with Crippen LogP contribution in [0, 0.1) is 11.8 Å². The van der Waals surface area contributed by atoms with Gasteiger partial charge in [-0.15, -0.1) is 0 Å². The Morgan fingerprint density at radius 2 is 1.60 bits per heavy atom. The highest BCUT2D eigenvalue weighted by atomic mass is 31.2. The van der Waals surface area contributed by atoms with Crippen LogP contribution in [0.25, 0.3) is 0 Å². The normalized spacial score (nSPS) is 20.3. The van der Waals surface area contributed by atoms with E-state index in [9.17, 15) is 14.2 Å². The first-order chi connectivity index (χ1) is 9.23. The van der Waals surface area contributed by atoms with Crippen molar-refractivity contribution in [1.29, 1.82) is 0 Å². The second kappa shape index (κ2) is 7.20. The average Bonchev–Trinajstić information content (AvgIpc) is 2.33. The Kier molecular flexibility index (Phi) is 6.17. The number of rotatable bonds is 7. The summed E-state index contributed by atoms with van der Waals surface area (Å²) < 4.78 is 11.2. The number of aliphatic carboxylic acids is 2. The second-order valence-electron chi connectivity index (χ2n) is 5.40. The molecule has 0 saturated heterocycles. The largest absolute Gasteiger partial charge is 0.481 e. The fourth-order valence-electron chi connectivity index (χ4n) is 2.86. The maximum absolute atomic E-state index is 11.2. The van der Waals surface area contributed by atoms with Gasteiger partial charge in [-0.2, -0.15) is 0 Å². The van der Waals surface area contributed by atoms with Crippen LogP contribution in [-0.4, -0.2) is 37.6 Å². The molecule has 2 unspecified atom stereocenters. The lowest BCUT2D eigenvalue weighted by Crippen LogP contribution is -2.35. The predicted molar refractivity (Wildman–Crippen MR) is 70.4 cm³/mol. The Morgan fingerprint density at radius 1 is 1.05 bits per heavy atom. The van der Waals surface area contributed by atoms with Crippen molar-refractivity contribution in [1.82, 2.24) is 0 Å². The number of hydrogen-bond acceptors (Lipinski definition) is 3. The molecule has 1 rings (SSSR count). The fourth-order valence-corrected chi connectivity index (χ4v) is 3.89. The minimum absolute atomic E-state index is 0.0118. The molecule has 7 nitrogen and oxygen atoms in total. The summed E-state index contributed by atoms with van der Waals surface area (Å²) in [6.45, 7) is 0. The Morgan fingerprint density at radius 3 is 2.00 bits per heavy atom. The van der Waals surface area contributed by atoms with Crippen molar-refractivity contribution < 1.29 is 34.2 Å². The maximum Gasteiger partial charge on any atom is 0.340 e. The molecule has 116 valence electrons. The summed E-state index contributed by atoms with van der Waals surface area (Å²) in [6.07, 6.45) is 5.73. The van der Waals surface area contributed by atoms with Gasteiger partial charge in [0.2, 0.25) is 0 Å². The lowest BCUT2D eigenvalue weighted by Gasteiger charge is -2.25. The highest BCUT2D eigenvalue weighted by Crippen LogP contribution is 2.46. The van der Waals surface area contributed by atoms with Gasteiger partial charge in [0.15, 0.2) is 5.66 Å². The van der Waals surface area contributed by atoms with Crippen LogP contribution >= 0.6 is 7.60 Å². The molecule has 0 amide bonds. The van der Waals surface area contributed by atoms with Gasteiger partial charge >= 0.3 is 19.5 Å². The van der Waals surface area contributed by atoms with Crippen LogP contribution in [0.15, 0.2) is 0 Å². The third-order valence-corrected chi connectivity index (χ3v) is 5.23. The fraction of sp³-hybridized carbons (Fsp3) is 0.833. The maximum atomic E-state index is 11.2. The number of hydrogen-bond donors (Lipinski definition) is 4. The van der Waals surface area contributed by atoms with Crippen molar-refractivity contribution in [3.05, 3.63) is 0 Å². The highest BCUT2D eigenvalue weighted by molar-refractivity contribution is 7.53. The molecular weight excluding hydrogens is 287 g/mol. The molecule has 1 aliphatic rings. The van der Waals surface area contributed by atoms with Gasteiger partial charge in [-0.05, 0) is 18.8 Å². The monoisotopic (exact) mass is 308 g/mol. The lowest BCUT2D eigenvalue weighted by atomic mass is 9.83. The van der Waals surface area contributed by atoms with Gasteiger partial charge in [-0.25, -0.2) is 0 Å². The molecule has 0 radical (unpaired) electrons. The first kappa shape index (κ1) is 17.1. The van der Waals surface area contributed by atoms with Crippen molar-refractivity contribution in [3.63, 3.8) is 0 Å². The van der Waals surface area contributed by atoms with Crippen molar-refractivity contribution >= 4 is 19.5 Å². The lowest BCUT2D eigenvalue weighted by molar-refractivity contribution is -0.148. The van der Waals surface area contributed by atoms with E-state index in [4.69, 9.17) is 20.0 Å². The van der Waals surface area contributed by atoms with E-state index >= 15 is 0 Å². The third kappa shape index (κ3) is 4.89. The second-order valence-corrected chi connectivity index (χ2v) is 7.13. The predicted octanol–water partition coefficient (Wildman–Crippen LogP) is 1.68. The molecule has 0 heterocycles. The molecular formula is C12H21O7P. The van der Waals surface area contributed by atoms with E-state index in [1.165, 1.54) is 0 Å². The van der Waals surface area contributed by atoms with E-state index in [0.717, 1.165) is 32.1 Å². The zero-order valence-electron chi connectivity index (χ0n) is 11.1. The standard InChI is InChI=1S/C12H21O7P/c13-11(14)9(10(12(15)16)20(17,18)19)7-6-8-4-2-1-3-5-8/h8-10H,1-7H2,(H,13,14)(H,15,16)(H2,17,18,19). The zero-order chi connectivity index (χ0) is 15.3. The summed E-state index contributed by atoms with van der Waals surface area (Å²) in [5.74, 6) is -4.43. The van der Waals surface area contributed by atoms with Crippen LogP contribution in [0.5, 0.6) is 0 Å². The van der Waals surface area contributed by atoms with Crippen LogP contribution < -0.4 is 0 Å². The summed E-state index contributed by atoms with van der Waals surface area (Å²) in [7, 11) is -4.99. The van der Waals surface area contributed by atoms with Gasteiger partial charge in [0, 0.05) is 0 Å². The quantitative estimate of drug-likeness (QED) is 0.526. The van der Waals surface area contributed by atoms with Crippen LogP contribution in [0.1, 0.15) is 44.9 Å². The van der Waals surface area contributed by atoms with Gasteiger partial charge in [0.05, 0.1) is 5.92 Å². The average molecular weight is 308 g/mol. The van der Waals surface area contributed by atoms with Crippen LogP contribution in [-0.2, 0) is 14.2 Å². The minimum atomic E-state index is -4.99. The smallest absolute Gasteiger partial charge is 0.340 e. The molecule has 2 atom stereocenters. The number of carboxylic acids is 2. The van der Waals surface area contributed by atoms with Gasteiger partial charge in [-0.1, -0.05) is 32.1 Å². The van der Waals surface area contributed by atoms with Gasteiger partial charge in [-0.3, -0.25) is 14.2 Å². The summed E-state index contributed by atoms with van der Waals surface area (Å²) in [5, 5.41) is 18.0. The molecule has 0 aliphatic heterocycles. The van der Waals surface area contributed by atoms with Crippen molar-refractivity contribution in [2.24, 2.45) is 11.8 Å². The Labute approximate surface area is 117 Å². The molecule has 0 aromatic heterocycles. The van der Waals surface area contributed by atoms with E-state index in [0.29, 0.717) is 12.3 Å². The number of carboxylic acid groups (broad SMARTS) is 2. The summed E-state index contributed by atoms with van der Waals surface area (Å²) in [6, 6.07) is 0. The zero-order valence-corrected chi connectivity index (χ0v) is 12.0. The van der Waals surface area contributed by atoms with Crippen molar-refractivity contribution in [2.45, 2.75) is 50.6 Å². The van der Waals surface area contributed by atoms with Gasteiger partial charge < -0.3 is 20.0 Å². The first-order valence-corrected chi connectivity index (χ1v) is 8.42. The minimum Gasteiger partial charge on any atom is -0.481 e. The molecule has 1 saturated carbocycles. The van der Waals surface area contributed by atoms with E-state index in [1.807, 2.05) is 0 Å². The molecule has 0 bridgehead atoms. The van der Waals surface area contributed by atoms with E-state index < -0.39 is 31.1 Å². The summed E-state index contributed by atoms with van der Waals surface area (Å²) in [4.78, 5) is 40.3. The van der Waals surface area contributed by atoms with Crippen LogP contribution in [0.2, 0.25) is 0 Å². The van der Waals surface area contributed by atoms with Crippen molar-refractivity contribution in [2.75, 3.05) is 0 Å². The third-order valence-electron chi connectivity index (χ3n) is 3.92. The van der Waals surface area contributed by atoms with Crippen LogP contribution in [0.4, 0.5) is 0 Å². The van der Waals surface area contributed by atoms with E-state index in [2.05, 4.69) is 0 Å².